The van der Waals surface area contributed by atoms with E-state index in [0.29, 0.717) is 16.7 Å². The van der Waals surface area contributed by atoms with Crippen molar-refractivity contribution < 1.29 is 14.3 Å². The fourth-order valence-corrected chi connectivity index (χ4v) is 3.62. The molecule has 0 amide bonds. The van der Waals surface area contributed by atoms with E-state index in [9.17, 15) is 4.79 Å². The number of ether oxygens (including phenoxy) is 2. The van der Waals surface area contributed by atoms with Crippen molar-refractivity contribution in [3.63, 3.8) is 0 Å². The molecule has 3 rings (SSSR count). The summed E-state index contributed by atoms with van der Waals surface area (Å²) in [5.41, 5.74) is 8.14. The van der Waals surface area contributed by atoms with E-state index < -0.39 is 5.97 Å². The summed E-state index contributed by atoms with van der Waals surface area (Å²) < 4.78 is 11.1. The van der Waals surface area contributed by atoms with E-state index in [2.05, 4.69) is 20.8 Å². The van der Waals surface area contributed by atoms with Crippen LogP contribution < -0.4 is 10.6 Å². The molecule has 2 aliphatic rings. The minimum Gasteiger partial charge on any atom is -0.465 e. The molecule has 0 bridgehead atoms. The predicted molar refractivity (Wildman–Crippen MR) is 84.6 cm³/mol. The van der Waals surface area contributed by atoms with Gasteiger partial charge in [-0.25, -0.2) is 4.79 Å². The molecule has 0 unspecified atom stereocenters. The zero-order chi connectivity index (χ0) is 15.0. The van der Waals surface area contributed by atoms with E-state index >= 15 is 0 Å². The lowest BCUT2D eigenvalue weighted by molar-refractivity contribution is -0.124. The van der Waals surface area contributed by atoms with Crippen molar-refractivity contribution in [2.75, 3.05) is 44.0 Å². The molecule has 0 aliphatic carbocycles. The molecule has 0 atom stereocenters. The maximum Gasteiger partial charge on any atom is 0.340 e. The number of benzene rings is 1. The van der Waals surface area contributed by atoms with Gasteiger partial charge in [-0.2, -0.15) is 0 Å². The van der Waals surface area contributed by atoms with Crippen LogP contribution in [0.3, 0.4) is 0 Å². The lowest BCUT2D eigenvalue weighted by atomic mass is 9.77. The number of anilines is 2. The molecule has 1 spiro atoms. The van der Waals surface area contributed by atoms with E-state index in [1.165, 1.54) is 7.11 Å². The number of nitrogen functional groups attached to an aromatic ring is 1. The zero-order valence-electron chi connectivity index (χ0n) is 12.0. The van der Waals surface area contributed by atoms with E-state index in [1.807, 2.05) is 6.07 Å². The Labute approximate surface area is 132 Å². The van der Waals surface area contributed by atoms with Gasteiger partial charge in [0.15, 0.2) is 0 Å². The molecule has 6 heteroatoms. The molecule has 1 aromatic rings. The first-order valence-corrected chi connectivity index (χ1v) is 7.84. The van der Waals surface area contributed by atoms with Crippen LogP contribution in [0.1, 0.15) is 23.2 Å². The standard InChI is InChI=1S/C15H19BrN2O3/c1-20-14(19)10-6-13(11(16)7-12(10)17)18-4-2-15(3-5-18)8-21-9-15/h6-7H,2-5,8-9,17H2,1H3. The molecule has 2 N–H and O–H groups in total. The molecule has 2 fully saturated rings. The van der Waals surface area contributed by atoms with Crippen LogP contribution >= 0.6 is 15.9 Å². The number of nitrogens with two attached hydrogens (primary N) is 1. The van der Waals surface area contributed by atoms with Crippen molar-refractivity contribution >= 4 is 33.3 Å². The molecule has 21 heavy (non-hydrogen) atoms. The normalized spacial score (nSPS) is 20.2. The number of esters is 1. The van der Waals surface area contributed by atoms with Crippen LogP contribution in [-0.4, -0.2) is 39.4 Å². The van der Waals surface area contributed by atoms with Crippen LogP contribution in [0.5, 0.6) is 0 Å². The van der Waals surface area contributed by atoms with E-state index in [-0.39, 0.29) is 0 Å². The summed E-state index contributed by atoms with van der Waals surface area (Å²) in [6, 6.07) is 3.60. The number of rotatable bonds is 2. The van der Waals surface area contributed by atoms with Crippen LogP contribution in [0.25, 0.3) is 0 Å². The van der Waals surface area contributed by atoms with Gasteiger partial charge in [0.05, 0.1) is 31.6 Å². The summed E-state index contributed by atoms with van der Waals surface area (Å²) in [5, 5.41) is 0. The average molecular weight is 355 g/mol. The second-order valence-corrected chi connectivity index (χ2v) is 6.72. The van der Waals surface area contributed by atoms with Crippen LogP contribution in [0.4, 0.5) is 11.4 Å². The summed E-state index contributed by atoms with van der Waals surface area (Å²) >= 11 is 3.55. The Hall–Kier alpha value is -1.27. The molecular weight excluding hydrogens is 336 g/mol. The van der Waals surface area contributed by atoms with Crippen LogP contribution in [0.15, 0.2) is 16.6 Å². The Bertz CT molecular complexity index is 562. The molecular formula is C15H19BrN2O3. The van der Waals surface area contributed by atoms with E-state index in [4.69, 9.17) is 15.2 Å². The third kappa shape index (κ3) is 2.62. The van der Waals surface area contributed by atoms with E-state index in [0.717, 1.165) is 49.3 Å². The molecule has 2 aliphatic heterocycles. The van der Waals surface area contributed by atoms with Crippen LogP contribution in [0, 0.1) is 5.41 Å². The third-order valence-corrected chi connectivity index (χ3v) is 5.14. The lowest BCUT2D eigenvalue weighted by Gasteiger charge is -2.48. The molecule has 0 aromatic heterocycles. The van der Waals surface area contributed by atoms with Gasteiger partial charge in [0.2, 0.25) is 0 Å². The average Bonchev–Trinajstić information content (AvgIpc) is 2.45. The number of halogens is 1. The minimum atomic E-state index is -0.401. The summed E-state index contributed by atoms with van der Waals surface area (Å²) in [6.07, 6.45) is 2.24. The van der Waals surface area contributed by atoms with Gasteiger partial charge in [0.1, 0.15) is 0 Å². The summed E-state index contributed by atoms with van der Waals surface area (Å²) in [7, 11) is 1.37. The molecule has 2 saturated heterocycles. The summed E-state index contributed by atoms with van der Waals surface area (Å²) in [4.78, 5) is 14.1. The van der Waals surface area contributed by atoms with Crippen molar-refractivity contribution in [1.29, 1.82) is 0 Å². The molecule has 0 saturated carbocycles. The van der Waals surface area contributed by atoms with Crippen LogP contribution in [-0.2, 0) is 9.47 Å². The SMILES string of the molecule is COC(=O)c1cc(N2CCC3(CC2)COC3)c(Br)cc1N. The largest absolute Gasteiger partial charge is 0.465 e. The van der Waals surface area contributed by atoms with Gasteiger partial charge >= 0.3 is 5.97 Å². The minimum absolute atomic E-state index is 0.391. The first-order valence-electron chi connectivity index (χ1n) is 7.05. The van der Waals surface area contributed by atoms with Crippen molar-refractivity contribution in [3.8, 4) is 0 Å². The van der Waals surface area contributed by atoms with Gasteiger partial charge < -0.3 is 20.1 Å². The van der Waals surface area contributed by atoms with Gasteiger partial charge in [0.25, 0.3) is 0 Å². The van der Waals surface area contributed by atoms with Crippen molar-refractivity contribution in [1.82, 2.24) is 0 Å². The Balaban J connectivity index is 1.83. The molecule has 0 radical (unpaired) electrons. The maximum atomic E-state index is 11.8. The van der Waals surface area contributed by atoms with Crippen LogP contribution in [0.2, 0.25) is 0 Å². The Morgan fingerprint density at radius 3 is 2.57 bits per heavy atom. The Morgan fingerprint density at radius 2 is 2.05 bits per heavy atom. The fraction of sp³-hybridized carbons (Fsp3) is 0.533. The number of carbonyl (C=O) groups excluding carboxylic acids is 1. The highest BCUT2D eigenvalue weighted by molar-refractivity contribution is 9.10. The second kappa shape index (κ2) is 5.50. The Morgan fingerprint density at radius 1 is 1.38 bits per heavy atom. The Kier molecular flexibility index (Phi) is 3.84. The second-order valence-electron chi connectivity index (χ2n) is 5.86. The van der Waals surface area contributed by atoms with Crippen molar-refractivity contribution in [2.24, 2.45) is 5.41 Å². The first-order chi connectivity index (χ1) is 10.0. The third-order valence-electron chi connectivity index (χ3n) is 4.51. The highest BCUT2D eigenvalue weighted by Gasteiger charge is 2.41. The highest BCUT2D eigenvalue weighted by Crippen LogP contribution is 2.41. The highest BCUT2D eigenvalue weighted by atomic mass is 79.9. The van der Waals surface area contributed by atoms with Gasteiger partial charge in [-0.05, 0) is 40.9 Å². The van der Waals surface area contributed by atoms with Gasteiger partial charge in [-0.15, -0.1) is 0 Å². The number of methoxy groups -OCH3 is 1. The van der Waals surface area contributed by atoms with Gasteiger partial charge in [-0.1, -0.05) is 0 Å². The monoisotopic (exact) mass is 354 g/mol. The lowest BCUT2D eigenvalue weighted by Crippen LogP contribution is -2.51. The van der Waals surface area contributed by atoms with Crippen molar-refractivity contribution in [3.05, 3.63) is 22.2 Å². The smallest absolute Gasteiger partial charge is 0.340 e. The van der Waals surface area contributed by atoms with Gasteiger partial charge in [-0.3, -0.25) is 0 Å². The van der Waals surface area contributed by atoms with Crippen molar-refractivity contribution in [2.45, 2.75) is 12.8 Å². The number of hydrogen-bond donors (Lipinski definition) is 1. The number of hydrogen-bond acceptors (Lipinski definition) is 5. The molecule has 114 valence electrons. The summed E-state index contributed by atoms with van der Waals surface area (Å²) in [5.74, 6) is -0.401. The number of piperidine rings is 1. The molecule has 1 aromatic carbocycles. The number of carbonyl (C=O) groups is 1. The van der Waals surface area contributed by atoms with Gasteiger partial charge in [0, 0.05) is 28.7 Å². The first kappa shape index (κ1) is 14.7. The molecule has 5 nitrogen and oxygen atoms in total. The maximum absolute atomic E-state index is 11.8. The summed E-state index contributed by atoms with van der Waals surface area (Å²) in [6.45, 7) is 3.70. The zero-order valence-corrected chi connectivity index (χ0v) is 13.6. The van der Waals surface area contributed by atoms with E-state index in [1.54, 1.807) is 6.07 Å². The predicted octanol–water partition coefficient (Wildman–Crippen LogP) is 2.43. The quantitative estimate of drug-likeness (QED) is 0.652. The topological polar surface area (TPSA) is 64.8 Å². The number of nitrogens with zero attached hydrogens (tertiary/aromatic N) is 1. The fourth-order valence-electron chi connectivity index (χ4n) is 3.01. The molecule has 2 heterocycles.